The van der Waals surface area contributed by atoms with E-state index in [4.69, 9.17) is 0 Å². The molecule has 6 nitrogen and oxygen atoms in total. The first-order valence-corrected chi connectivity index (χ1v) is 13.8. The maximum absolute atomic E-state index is 13.8. The molecule has 0 saturated heterocycles. The van der Waals surface area contributed by atoms with E-state index in [0.29, 0.717) is 18.4 Å². The summed E-state index contributed by atoms with van der Waals surface area (Å²) in [7, 11) is 0.134. The topological polar surface area (TPSA) is 94.9 Å². The van der Waals surface area contributed by atoms with Crippen LogP contribution in [-0.4, -0.2) is 50.6 Å². The van der Waals surface area contributed by atoms with E-state index in [0.717, 1.165) is 36.9 Å². The SMILES string of the molecule is CCCCC1(CCCC)CS(=O)(=O)c2ccc(N(C)C)cc2[C@@H](c2ccc(C(=O)O)cc2)[C@H]1O. The molecule has 3 rings (SSSR count). The predicted molar refractivity (Wildman–Crippen MR) is 136 cm³/mol. The van der Waals surface area contributed by atoms with Crippen LogP contribution >= 0.6 is 0 Å². The van der Waals surface area contributed by atoms with E-state index in [2.05, 4.69) is 13.8 Å². The lowest BCUT2D eigenvalue weighted by Gasteiger charge is -2.40. The van der Waals surface area contributed by atoms with Crippen LogP contribution in [0.2, 0.25) is 0 Å². The summed E-state index contributed by atoms with van der Waals surface area (Å²) < 4.78 is 27.6. The Hall–Kier alpha value is -2.38. The Bertz CT molecular complexity index is 1100. The highest BCUT2D eigenvalue weighted by Gasteiger charge is 2.49. The summed E-state index contributed by atoms with van der Waals surface area (Å²) >= 11 is 0. The zero-order chi connectivity index (χ0) is 25.1. The van der Waals surface area contributed by atoms with E-state index in [-0.39, 0.29) is 16.2 Å². The Labute approximate surface area is 203 Å². The second-order valence-electron chi connectivity index (χ2n) is 9.79. The fourth-order valence-electron chi connectivity index (χ4n) is 5.22. The first kappa shape index (κ1) is 26.2. The van der Waals surface area contributed by atoms with Gasteiger partial charge in [-0.05, 0) is 54.3 Å². The number of aromatic carboxylic acids is 1. The average molecular weight is 488 g/mol. The van der Waals surface area contributed by atoms with Crippen molar-refractivity contribution in [3.8, 4) is 0 Å². The predicted octanol–water partition coefficient (Wildman–Crippen LogP) is 5.10. The van der Waals surface area contributed by atoms with Crippen molar-refractivity contribution >= 4 is 21.5 Å². The van der Waals surface area contributed by atoms with Crippen LogP contribution in [0.25, 0.3) is 0 Å². The number of sulfone groups is 1. The fourth-order valence-corrected chi connectivity index (χ4v) is 7.42. The molecule has 0 amide bonds. The molecule has 1 aliphatic heterocycles. The molecule has 186 valence electrons. The molecule has 0 saturated carbocycles. The lowest BCUT2D eigenvalue weighted by molar-refractivity contribution is 0.0127. The first-order valence-electron chi connectivity index (χ1n) is 12.1. The highest BCUT2D eigenvalue weighted by atomic mass is 32.2. The minimum Gasteiger partial charge on any atom is -0.478 e. The minimum absolute atomic E-state index is 0.0841. The second kappa shape index (κ2) is 10.5. The molecule has 1 heterocycles. The summed E-state index contributed by atoms with van der Waals surface area (Å²) in [5.74, 6) is -1.69. The Morgan fingerprint density at radius 3 is 2.12 bits per heavy atom. The van der Waals surface area contributed by atoms with E-state index in [1.807, 2.05) is 25.1 Å². The number of carboxylic acids is 1. The molecule has 0 aliphatic carbocycles. The summed E-state index contributed by atoms with van der Waals surface area (Å²) in [6, 6.07) is 11.8. The molecule has 1 aliphatic rings. The Morgan fingerprint density at radius 1 is 1.03 bits per heavy atom. The third-order valence-electron chi connectivity index (χ3n) is 7.17. The summed E-state index contributed by atoms with van der Waals surface area (Å²) in [6.45, 7) is 4.15. The monoisotopic (exact) mass is 487 g/mol. The van der Waals surface area contributed by atoms with Crippen molar-refractivity contribution in [2.45, 2.75) is 69.3 Å². The number of fused-ring (bicyclic) bond motifs is 1. The van der Waals surface area contributed by atoms with Crippen molar-refractivity contribution < 1.29 is 23.4 Å². The van der Waals surface area contributed by atoms with Crippen LogP contribution < -0.4 is 4.90 Å². The second-order valence-corrected chi connectivity index (χ2v) is 11.8. The third kappa shape index (κ3) is 5.15. The summed E-state index contributed by atoms with van der Waals surface area (Å²) in [5, 5.41) is 21.4. The Morgan fingerprint density at radius 2 is 1.62 bits per heavy atom. The van der Waals surface area contributed by atoms with E-state index in [1.54, 1.807) is 24.3 Å². The van der Waals surface area contributed by atoms with Crippen molar-refractivity contribution in [3.63, 3.8) is 0 Å². The van der Waals surface area contributed by atoms with Gasteiger partial charge in [-0.2, -0.15) is 0 Å². The number of unbranched alkanes of at least 4 members (excludes halogenated alkanes) is 2. The van der Waals surface area contributed by atoms with Crippen molar-refractivity contribution in [2.24, 2.45) is 5.41 Å². The molecule has 7 heteroatoms. The average Bonchev–Trinajstić information content (AvgIpc) is 2.87. The number of aliphatic hydroxyl groups is 1. The van der Waals surface area contributed by atoms with Crippen LogP contribution in [-0.2, 0) is 9.84 Å². The van der Waals surface area contributed by atoms with Gasteiger partial charge < -0.3 is 15.1 Å². The largest absolute Gasteiger partial charge is 0.478 e. The molecular formula is C27H37NO5S. The van der Waals surface area contributed by atoms with E-state index >= 15 is 0 Å². The van der Waals surface area contributed by atoms with Gasteiger partial charge in [-0.25, -0.2) is 13.2 Å². The molecule has 0 unspecified atom stereocenters. The number of carbonyl (C=O) groups is 1. The van der Waals surface area contributed by atoms with Gasteiger partial charge in [-0.15, -0.1) is 0 Å². The van der Waals surface area contributed by atoms with Gasteiger partial charge in [0.2, 0.25) is 0 Å². The molecular weight excluding hydrogens is 450 g/mol. The molecule has 2 aromatic carbocycles. The van der Waals surface area contributed by atoms with E-state index in [9.17, 15) is 23.4 Å². The number of anilines is 1. The highest BCUT2D eigenvalue weighted by molar-refractivity contribution is 7.91. The third-order valence-corrected chi connectivity index (χ3v) is 9.17. The van der Waals surface area contributed by atoms with Gasteiger partial charge in [0, 0.05) is 31.1 Å². The van der Waals surface area contributed by atoms with Crippen molar-refractivity contribution in [1.82, 2.24) is 0 Å². The molecule has 34 heavy (non-hydrogen) atoms. The van der Waals surface area contributed by atoms with Gasteiger partial charge in [0.25, 0.3) is 0 Å². The van der Waals surface area contributed by atoms with Crippen molar-refractivity contribution in [3.05, 3.63) is 59.2 Å². The standard InChI is InChI=1S/C27H37NO5S/c1-5-7-15-27(16-8-6-2)18-34(32,33)23-14-13-21(28(3)4)17-22(23)24(25(27)29)19-9-11-20(12-10-19)26(30)31/h9-14,17,24-25,29H,5-8,15-16,18H2,1-4H3,(H,30,31)/t24-,25-/m1/s1. The molecule has 2 atom stereocenters. The quantitative estimate of drug-likeness (QED) is 0.511. The van der Waals surface area contributed by atoms with Crippen molar-refractivity contribution in [2.75, 3.05) is 24.7 Å². The van der Waals surface area contributed by atoms with Crippen molar-refractivity contribution in [1.29, 1.82) is 0 Å². The first-order chi connectivity index (χ1) is 16.1. The maximum Gasteiger partial charge on any atom is 0.335 e. The van der Waals surface area contributed by atoms with E-state index < -0.39 is 33.2 Å². The number of nitrogens with zero attached hydrogens (tertiary/aromatic N) is 1. The fraction of sp³-hybridized carbons (Fsp3) is 0.519. The molecule has 0 bridgehead atoms. The number of benzene rings is 2. The van der Waals surface area contributed by atoms with Crippen LogP contribution in [0.5, 0.6) is 0 Å². The van der Waals surface area contributed by atoms with Gasteiger partial charge in [-0.3, -0.25) is 0 Å². The summed E-state index contributed by atoms with van der Waals surface area (Å²) in [6.07, 6.45) is 3.83. The lowest BCUT2D eigenvalue weighted by atomic mass is 9.68. The van der Waals surface area contributed by atoms with Gasteiger partial charge in [0.1, 0.15) is 0 Å². The van der Waals surface area contributed by atoms with Gasteiger partial charge >= 0.3 is 5.97 Å². The molecule has 0 spiro atoms. The molecule has 0 radical (unpaired) electrons. The van der Waals surface area contributed by atoms with Crippen LogP contribution in [0.3, 0.4) is 0 Å². The summed E-state index contributed by atoms with van der Waals surface area (Å²) in [5.41, 5.74) is 1.53. The van der Waals surface area contributed by atoms with Crippen LogP contribution in [0.4, 0.5) is 5.69 Å². The molecule has 2 N–H and O–H groups in total. The van der Waals surface area contributed by atoms with Crippen LogP contribution in [0.1, 0.15) is 79.8 Å². The Kier molecular flexibility index (Phi) is 8.09. The maximum atomic E-state index is 13.8. The van der Waals surface area contributed by atoms with Gasteiger partial charge in [0.15, 0.2) is 9.84 Å². The number of hydrogen-bond acceptors (Lipinski definition) is 5. The van der Waals surface area contributed by atoms with Crippen LogP contribution in [0.15, 0.2) is 47.4 Å². The normalized spacial score (nSPS) is 20.9. The highest BCUT2D eigenvalue weighted by Crippen LogP contribution is 2.50. The molecule has 0 aromatic heterocycles. The number of carboxylic acid groups (broad SMARTS) is 1. The number of hydrogen-bond donors (Lipinski definition) is 2. The lowest BCUT2D eigenvalue weighted by Crippen LogP contribution is -2.43. The number of rotatable bonds is 9. The molecule has 0 fully saturated rings. The zero-order valence-corrected chi connectivity index (χ0v) is 21.4. The minimum atomic E-state index is -3.66. The number of aliphatic hydroxyl groups excluding tert-OH is 1. The molecule has 2 aromatic rings. The van der Waals surface area contributed by atoms with E-state index in [1.165, 1.54) is 12.1 Å². The summed E-state index contributed by atoms with van der Waals surface area (Å²) in [4.78, 5) is 13.6. The zero-order valence-electron chi connectivity index (χ0n) is 20.6. The van der Waals surface area contributed by atoms with Gasteiger partial charge in [-0.1, -0.05) is 51.7 Å². The smallest absolute Gasteiger partial charge is 0.335 e. The van der Waals surface area contributed by atoms with Crippen LogP contribution in [0, 0.1) is 5.41 Å². The Balaban J connectivity index is 2.30. The van der Waals surface area contributed by atoms with Gasteiger partial charge in [0.05, 0.1) is 22.3 Å².